The van der Waals surface area contributed by atoms with Gasteiger partial charge in [-0.2, -0.15) is 13.2 Å². The van der Waals surface area contributed by atoms with Crippen LogP contribution in [-0.4, -0.2) is 20.5 Å². The number of hydrogen-bond donors (Lipinski definition) is 1. The average Bonchev–Trinajstić information content (AvgIpc) is 2.54. The molecule has 0 aliphatic carbocycles. The monoisotopic (exact) mass is 454 g/mol. The van der Waals surface area contributed by atoms with Crippen LogP contribution in [0.4, 0.5) is 24.5 Å². The smallest absolute Gasteiger partial charge is 0.417 e. The second-order valence-electron chi connectivity index (χ2n) is 4.89. The van der Waals surface area contributed by atoms with E-state index in [0.29, 0.717) is 6.07 Å². The minimum Gasteiger partial charge on any atom is -0.497 e. The molecule has 0 aliphatic rings. The van der Waals surface area contributed by atoms with Gasteiger partial charge in [0.2, 0.25) is 0 Å². The molecule has 0 amide bonds. The van der Waals surface area contributed by atoms with Crippen molar-refractivity contribution in [3.05, 3.63) is 56.5 Å². The fraction of sp³-hybridized carbons (Fsp3) is 0.143. The maximum absolute atomic E-state index is 12.9. The highest BCUT2D eigenvalue weighted by Gasteiger charge is 2.34. The number of rotatable bonds is 5. The highest BCUT2D eigenvalue weighted by atomic mass is 79.9. The SMILES string of the molecule is COc1ccc(S(=O)(=O)Nc2ccc(Br)c(C(F)(F)F)c2)c([N+](=O)[O-])c1. The largest absolute Gasteiger partial charge is 0.497 e. The van der Waals surface area contributed by atoms with Crippen LogP contribution in [-0.2, 0) is 16.2 Å². The van der Waals surface area contributed by atoms with E-state index >= 15 is 0 Å². The van der Waals surface area contributed by atoms with Crippen LogP contribution < -0.4 is 9.46 Å². The summed E-state index contributed by atoms with van der Waals surface area (Å²) in [4.78, 5) is 9.48. The number of nitrogens with one attached hydrogen (secondary N) is 1. The van der Waals surface area contributed by atoms with Crippen LogP contribution in [0, 0.1) is 10.1 Å². The van der Waals surface area contributed by atoms with Crippen LogP contribution in [0.1, 0.15) is 5.56 Å². The summed E-state index contributed by atoms with van der Waals surface area (Å²) in [5, 5.41) is 11.1. The van der Waals surface area contributed by atoms with Crippen molar-refractivity contribution in [1.82, 2.24) is 0 Å². The summed E-state index contributed by atoms with van der Waals surface area (Å²) in [5.74, 6) is 0.0543. The van der Waals surface area contributed by atoms with E-state index in [1.807, 2.05) is 4.72 Å². The minimum absolute atomic E-state index is 0.0543. The van der Waals surface area contributed by atoms with Crippen molar-refractivity contribution in [2.45, 2.75) is 11.1 Å². The van der Waals surface area contributed by atoms with Gasteiger partial charge in [-0.25, -0.2) is 8.42 Å². The van der Waals surface area contributed by atoms with Crippen LogP contribution >= 0.6 is 15.9 Å². The number of nitro groups is 1. The third kappa shape index (κ3) is 4.25. The minimum atomic E-state index is -4.72. The van der Waals surface area contributed by atoms with Gasteiger partial charge in [-0.1, -0.05) is 15.9 Å². The van der Waals surface area contributed by atoms with Crippen LogP contribution in [0.15, 0.2) is 45.8 Å². The molecule has 2 aromatic carbocycles. The Labute approximate surface area is 154 Å². The molecule has 0 radical (unpaired) electrons. The number of nitro benzene ring substituents is 1. The van der Waals surface area contributed by atoms with E-state index in [-0.39, 0.29) is 10.2 Å². The van der Waals surface area contributed by atoms with Crippen LogP contribution in [0.25, 0.3) is 0 Å². The zero-order valence-corrected chi connectivity index (χ0v) is 15.3. The van der Waals surface area contributed by atoms with E-state index < -0.39 is 43.0 Å². The van der Waals surface area contributed by atoms with Gasteiger partial charge in [-0.05, 0) is 30.3 Å². The van der Waals surface area contributed by atoms with Crippen molar-refractivity contribution in [2.24, 2.45) is 0 Å². The van der Waals surface area contributed by atoms with E-state index in [2.05, 4.69) is 15.9 Å². The summed E-state index contributed by atoms with van der Waals surface area (Å²) in [6.07, 6.45) is -4.72. The molecule has 1 N–H and O–H groups in total. The number of ether oxygens (including phenoxy) is 1. The summed E-state index contributed by atoms with van der Waals surface area (Å²) in [6.45, 7) is 0. The maximum atomic E-state index is 12.9. The molecule has 7 nitrogen and oxygen atoms in total. The van der Waals surface area contributed by atoms with Gasteiger partial charge in [0, 0.05) is 10.2 Å². The van der Waals surface area contributed by atoms with E-state index in [1.54, 1.807) is 0 Å². The van der Waals surface area contributed by atoms with Crippen LogP contribution in [0.2, 0.25) is 0 Å². The molecule has 0 spiro atoms. The Morgan fingerprint density at radius 2 is 1.85 bits per heavy atom. The van der Waals surface area contributed by atoms with Crippen molar-refractivity contribution in [1.29, 1.82) is 0 Å². The third-order valence-corrected chi connectivity index (χ3v) is 5.30. The number of halogens is 4. The topological polar surface area (TPSA) is 98.5 Å². The first-order chi connectivity index (χ1) is 12.0. The number of benzene rings is 2. The fourth-order valence-corrected chi connectivity index (χ4v) is 3.68. The Kier molecular flexibility index (Phi) is 5.47. The number of hydrogen-bond acceptors (Lipinski definition) is 5. The Bertz CT molecular complexity index is 964. The quantitative estimate of drug-likeness (QED) is 0.539. The zero-order valence-electron chi connectivity index (χ0n) is 12.9. The normalized spacial score (nSPS) is 11.9. The Hall–Kier alpha value is -2.34. The van der Waals surface area contributed by atoms with Gasteiger partial charge in [-0.3, -0.25) is 14.8 Å². The van der Waals surface area contributed by atoms with Gasteiger partial charge in [0.05, 0.1) is 23.7 Å². The van der Waals surface area contributed by atoms with Crippen molar-refractivity contribution >= 4 is 37.3 Å². The number of alkyl halides is 3. The third-order valence-electron chi connectivity index (χ3n) is 3.18. The molecule has 0 saturated carbocycles. The molecule has 0 fully saturated rings. The predicted molar refractivity (Wildman–Crippen MR) is 89.6 cm³/mol. The Balaban J connectivity index is 2.49. The second kappa shape index (κ2) is 7.11. The molecule has 26 heavy (non-hydrogen) atoms. The summed E-state index contributed by atoms with van der Waals surface area (Å²) >= 11 is 2.74. The fourth-order valence-electron chi connectivity index (χ4n) is 2.01. The number of anilines is 1. The average molecular weight is 455 g/mol. The van der Waals surface area contributed by atoms with Gasteiger partial charge in [0.15, 0.2) is 4.90 Å². The van der Waals surface area contributed by atoms with E-state index in [0.717, 1.165) is 24.3 Å². The number of methoxy groups -OCH3 is 1. The molecule has 12 heteroatoms. The molecule has 0 heterocycles. The van der Waals surface area contributed by atoms with Crippen molar-refractivity contribution in [2.75, 3.05) is 11.8 Å². The predicted octanol–water partition coefficient (Wildman–Crippen LogP) is 4.19. The van der Waals surface area contributed by atoms with Crippen molar-refractivity contribution < 1.29 is 31.2 Å². The highest BCUT2D eigenvalue weighted by Crippen LogP contribution is 2.37. The summed E-state index contributed by atoms with van der Waals surface area (Å²) in [5.41, 5.74) is -2.27. The van der Waals surface area contributed by atoms with Crippen molar-refractivity contribution in [3.8, 4) is 5.75 Å². The number of sulfonamides is 1. The first-order valence-electron chi connectivity index (χ1n) is 6.67. The van der Waals surface area contributed by atoms with Gasteiger partial charge in [0.1, 0.15) is 5.75 Å². The molecule has 0 aromatic heterocycles. The Morgan fingerprint density at radius 3 is 2.38 bits per heavy atom. The molecule has 0 bridgehead atoms. The summed E-state index contributed by atoms with van der Waals surface area (Å²) in [7, 11) is -3.28. The standard InChI is InChI=1S/C14H10BrF3N2O5S/c1-25-9-3-5-13(12(7-9)20(21)22)26(23,24)19-8-2-4-11(15)10(6-8)14(16,17)18/h2-7,19H,1H3. The lowest BCUT2D eigenvalue weighted by Gasteiger charge is -2.13. The summed E-state index contributed by atoms with van der Waals surface area (Å²) < 4.78 is 70.1. The molecule has 140 valence electrons. The lowest BCUT2D eigenvalue weighted by Crippen LogP contribution is -2.16. The molecule has 0 saturated heterocycles. The maximum Gasteiger partial charge on any atom is 0.417 e. The van der Waals surface area contributed by atoms with Crippen LogP contribution in [0.5, 0.6) is 5.75 Å². The van der Waals surface area contributed by atoms with Gasteiger partial charge < -0.3 is 4.74 Å². The molecule has 0 atom stereocenters. The molecular weight excluding hydrogens is 445 g/mol. The molecule has 2 rings (SSSR count). The van der Waals surface area contributed by atoms with E-state index in [1.165, 1.54) is 13.2 Å². The molecular formula is C14H10BrF3N2O5S. The molecule has 0 aliphatic heterocycles. The Morgan fingerprint density at radius 1 is 1.19 bits per heavy atom. The molecule has 0 unspecified atom stereocenters. The number of nitrogens with zero attached hydrogens (tertiary/aromatic N) is 1. The lowest BCUT2D eigenvalue weighted by molar-refractivity contribution is -0.387. The van der Waals surface area contributed by atoms with Crippen molar-refractivity contribution in [3.63, 3.8) is 0 Å². The van der Waals surface area contributed by atoms with Gasteiger partial charge in [0.25, 0.3) is 15.7 Å². The lowest BCUT2D eigenvalue weighted by atomic mass is 10.2. The second-order valence-corrected chi connectivity index (χ2v) is 7.39. The zero-order chi connectivity index (χ0) is 19.7. The van der Waals surface area contributed by atoms with E-state index in [4.69, 9.17) is 4.74 Å². The first-order valence-corrected chi connectivity index (χ1v) is 8.95. The first kappa shape index (κ1) is 20.0. The van der Waals surface area contributed by atoms with E-state index in [9.17, 15) is 31.7 Å². The van der Waals surface area contributed by atoms with Gasteiger partial charge >= 0.3 is 6.18 Å². The summed E-state index contributed by atoms with van der Waals surface area (Å²) in [6, 6.07) is 5.71. The van der Waals surface area contributed by atoms with Gasteiger partial charge in [-0.15, -0.1) is 0 Å². The van der Waals surface area contributed by atoms with Crippen LogP contribution in [0.3, 0.4) is 0 Å². The highest BCUT2D eigenvalue weighted by molar-refractivity contribution is 9.10. The molecule has 2 aromatic rings.